The first kappa shape index (κ1) is 13.9. The van der Waals surface area contributed by atoms with Gasteiger partial charge in [-0.3, -0.25) is 4.90 Å². The highest BCUT2D eigenvalue weighted by atomic mass is 19.2. The van der Waals surface area contributed by atoms with Crippen molar-refractivity contribution < 1.29 is 13.2 Å². The highest BCUT2D eigenvalue weighted by Crippen LogP contribution is 2.39. The third-order valence-corrected chi connectivity index (χ3v) is 4.63. The topological polar surface area (TPSA) is 15.3 Å². The monoisotopic (exact) mass is 284 g/mol. The summed E-state index contributed by atoms with van der Waals surface area (Å²) >= 11 is 0. The second-order valence-corrected chi connectivity index (χ2v) is 6.08. The normalized spacial score (nSPS) is 22.6. The maximum Gasteiger partial charge on any atom is 0.194 e. The molecule has 2 heterocycles. The maximum atomic E-state index is 13.2. The minimum absolute atomic E-state index is 0.363. The average molecular weight is 284 g/mol. The van der Waals surface area contributed by atoms with Gasteiger partial charge in [-0.25, -0.2) is 13.2 Å². The molecule has 3 rings (SSSR count). The van der Waals surface area contributed by atoms with E-state index >= 15 is 0 Å². The summed E-state index contributed by atoms with van der Waals surface area (Å²) < 4.78 is 39.4. The summed E-state index contributed by atoms with van der Waals surface area (Å²) in [5.41, 5.74) is 0.870. The van der Waals surface area contributed by atoms with Crippen molar-refractivity contribution in [3.8, 4) is 0 Å². The van der Waals surface area contributed by atoms with Crippen LogP contribution in [0.5, 0.6) is 0 Å². The summed E-state index contributed by atoms with van der Waals surface area (Å²) in [6.07, 6.45) is 3.46. The molecule has 0 saturated carbocycles. The number of benzene rings is 1. The number of halogens is 3. The average Bonchev–Trinajstić information content (AvgIpc) is 2.79. The Balaban J connectivity index is 1.67. The third-order valence-electron chi connectivity index (χ3n) is 4.63. The quantitative estimate of drug-likeness (QED) is 0.840. The molecule has 2 aliphatic rings. The molecule has 0 aromatic heterocycles. The van der Waals surface area contributed by atoms with E-state index in [0.717, 1.165) is 57.6 Å². The second-order valence-electron chi connectivity index (χ2n) is 6.08. The summed E-state index contributed by atoms with van der Waals surface area (Å²) in [5, 5.41) is 3.36. The van der Waals surface area contributed by atoms with E-state index in [4.69, 9.17) is 0 Å². The Morgan fingerprint density at radius 2 is 1.70 bits per heavy atom. The van der Waals surface area contributed by atoms with Gasteiger partial charge in [0.25, 0.3) is 0 Å². The summed E-state index contributed by atoms with van der Waals surface area (Å²) in [5.74, 6) is -3.59. The SMILES string of the molecule is Fc1cc(CN2CCC3(CCNCC3)C2)cc(F)c1F. The van der Waals surface area contributed by atoms with Crippen molar-refractivity contribution in [2.75, 3.05) is 26.2 Å². The molecular weight excluding hydrogens is 265 g/mol. The standard InChI is InChI=1S/C15H19F3N2/c16-12-7-11(8-13(17)14(12)18)9-20-6-3-15(10-20)1-4-19-5-2-15/h7-8,19H,1-6,9-10H2. The minimum Gasteiger partial charge on any atom is -0.317 e. The van der Waals surface area contributed by atoms with Gasteiger partial charge in [0.05, 0.1) is 0 Å². The molecule has 2 aliphatic heterocycles. The van der Waals surface area contributed by atoms with Gasteiger partial charge in [-0.2, -0.15) is 0 Å². The molecule has 0 unspecified atom stereocenters. The van der Waals surface area contributed by atoms with E-state index in [1.54, 1.807) is 0 Å². The minimum atomic E-state index is -1.38. The molecule has 2 fully saturated rings. The van der Waals surface area contributed by atoms with Crippen LogP contribution in [0.2, 0.25) is 0 Å². The lowest BCUT2D eigenvalue weighted by Crippen LogP contribution is -2.38. The Kier molecular flexibility index (Phi) is 3.73. The molecule has 0 atom stereocenters. The number of likely N-dealkylation sites (tertiary alicyclic amines) is 1. The Bertz CT molecular complexity index is 475. The number of hydrogen-bond acceptors (Lipinski definition) is 2. The second kappa shape index (κ2) is 5.37. The summed E-state index contributed by atoms with van der Waals surface area (Å²) in [4.78, 5) is 2.22. The van der Waals surface area contributed by atoms with Gasteiger partial charge in [-0.15, -0.1) is 0 Å². The van der Waals surface area contributed by atoms with Crippen LogP contribution in [0, 0.1) is 22.9 Å². The van der Waals surface area contributed by atoms with Gasteiger partial charge in [0.15, 0.2) is 17.5 Å². The molecule has 1 aromatic rings. The van der Waals surface area contributed by atoms with Crippen LogP contribution in [0.4, 0.5) is 13.2 Å². The van der Waals surface area contributed by atoms with Crippen molar-refractivity contribution in [2.24, 2.45) is 5.41 Å². The van der Waals surface area contributed by atoms with Gasteiger partial charge in [-0.05, 0) is 62.0 Å². The van der Waals surface area contributed by atoms with E-state index in [0.29, 0.717) is 17.5 Å². The first-order valence-electron chi connectivity index (χ1n) is 7.15. The smallest absolute Gasteiger partial charge is 0.194 e. The lowest BCUT2D eigenvalue weighted by Gasteiger charge is -2.33. The molecule has 1 spiro atoms. The Morgan fingerprint density at radius 3 is 2.35 bits per heavy atom. The van der Waals surface area contributed by atoms with Crippen LogP contribution >= 0.6 is 0 Å². The van der Waals surface area contributed by atoms with Crippen LogP contribution in [-0.4, -0.2) is 31.1 Å². The molecule has 0 bridgehead atoms. The summed E-state index contributed by atoms with van der Waals surface area (Å²) in [6, 6.07) is 2.21. The van der Waals surface area contributed by atoms with E-state index in [2.05, 4.69) is 10.2 Å². The van der Waals surface area contributed by atoms with Crippen molar-refractivity contribution in [2.45, 2.75) is 25.8 Å². The van der Waals surface area contributed by atoms with Crippen LogP contribution < -0.4 is 5.32 Å². The van der Waals surface area contributed by atoms with Gasteiger partial charge < -0.3 is 5.32 Å². The zero-order chi connectivity index (χ0) is 14.2. The fourth-order valence-electron chi connectivity index (χ4n) is 3.49. The number of nitrogens with one attached hydrogen (secondary N) is 1. The first-order valence-corrected chi connectivity index (χ1v) is 7.15. The first-order chi connectivity index (χ1) is 9.58. The summed E-state index contributed by atoms with van der Waals surface area (Å²) in [6.45, 7) is 4.50. The molecule has 1 N–H and O–H groups in total. The maximum absolute atomic E-state index is 13.2. The molecule has 0 amide bonds. The number of hydrogen-bond donors (Lipinski definition) is 1. The largest absolute Gasteiger partial charge is 0.317 e. The molecule has 1 aromatic carbocycles. The zero-order valence-corrected chi connectivity index (χ0v) is 11.4. The van der Waals surface area contributed by atoms with Gasteiger partial charge >= 0.3 is 0 Å². The van der Waals surface area contributed by atoms with Crippen molar-refractivity contribution in [1.82, 2.24) is 10.2 Å². The van der Waals surface area contributed by atoms with Gasteiger partial charge in [0, 0.05) is 13.1 Å². The zero-order valence-electron chi connectivity index (χ0n) is 11.4. The van der Waals surface area contributed by atoms with E-state index in [-0.39, 0.29) is 0 Å². The van der Waals surface area contributed by atoms with Gasteiger partial charge in [-0.1, -0.05) is 0 Å². The van der Waals surface area contributed by atoms with Crippen LogP contribution in [-0.2, 0) is 6.54 Å². The van der Waals surface area contributed by atoms with Crippen molar-refractivity contribution >= 4 is 0 Å². The Morgan fingerprint density at radius 1 is 1.05 bits per heavy atom. The van der Waals surface area contributed by atoms with E-state index in [1.807, 2.05) is 0 Å². The molecule has 0 aliphatic carbocycles. The third kappa shape index (κ3) is 2.69. The van der Waals surface area contributed by atoms with E-state index in [1.165, 1.54) is 0 Å². The highest BCUT2D eigenvalue weighted by Gasteiger charge is 2.38. The fraction of sp³-hybridized carbons (Fsp3) is 0.600. The lowest BCUT2D eigenvalue weighted by atomic mass is 9.78. The molecular formula is C15H19F3N2. The van der Waals surface area contributed by atoms with E-state index in [9.17, 15) is 13.2 Å². The number of rotatable bonds is 2. The van der Waals surface area contributed by atoms with Crippen LogP contribution in [0.3, 0.4) is 0 Å². The van der Waals surface area contributed by atoms with Crippen LogP contribution in [0.15, 0.2) is 12.1 Å². The van der Waals surface area contributed by atoms with Crippen LogP contribution in [0.1, 0.15) is 24.8 Å². The molecule has 0 radical (unpaired) electrons. The van der Waals surface area contributed by atoms with Crippen LogP contribution in [0.25, 0.3) is 0 Å². The number of piperidine rings is 1. The van der Waals surface area contributed by atoms with Gasteiger partial charge in [0.2, 0.25) is 0 Å². The highest BCUT2D eigenvalue weighted by molar-refractivity contribution is 5.19. The number of nitrogens with zero attached hydrogens (tertiary/aromatic N) is 1. The predicted octanol–water partition coefficient (Wildman–Crippen LogP) is 2.68. The molecule has 2 saturated heterocycles. The Labute approximate surface area is 117 Å². The lowest BCUT2D eigenvalue weighted by molar-refractivity contribution is 0.194. The van der Waals surface area contributed by atoms with Crippen molar-refractivity contribution in [3.63, 3.8) is 0 Å². The van der Waals surface area contributed by atoms with Crippen molar-refractivity contribution in [3.05, 3.63) is 35.1 Å². The van der Waals surface area contributed by atoms with E-state index < -0.39 is 17.5 Å². The molecule has 5 heteroatoms. The Hall–Kier alpha value is -1.07. The summed E-state index contributed by atoms with van der Waals surface area (Å²) in [7, 11) is 0. The molecule has 2 nitrogen and oxygen atoms in total. The predicted molar refractivity (Wildman–Crippen MR) is 70.7 cm³/mol. The van der Waals surface area contributed by atoms with Crippen molar-refractivity contribution in [1.29, 1.82) is 0 Å². The fourth-order valence-corrected chi connectivity index (χ4v) is 3.49. The molecule has 110 valence electrons. The molecule has 20 heavy (non-hydrogen) atoms. The van der Waals surface area contributed by atoms with Gasteiger partial charge in [0.1, 0.15) is 0 Å².